The maximum atomic E-state index is 13.3. The first-order chi connectivity index (χ1) is 17.7. The van der Waals surface area contributed by atoms with Crippen LogP contribution in [0.3, 0.4) is 0 Å². The number of fused-ring (bicyclic) bond motifs is 1. The number of alkyl halides is 3. The topological polar surface area (TPSA) is 61.9 Å². The van der Waals surface area contributed by atoms with Crippen molar-refractivity contribution in [3.05, 3.63) is 89.0 Å². The van der Waals surface area contributed by atoms with Gasteiger partial charge in [-0.2, -0.15) is 18.4 Å². The Labute approximate surface area is 217 Å². The van der Waals surface area contributed by atoms with Gasteiger partial charge in [0.1, 0.15) is 0 Å². The molecule has 0 fully saturated rings. The molecule has 1 aromatic heterocycles. The van der Waals surface area contributed by atoms with Crippen molar-refractivity contribution < 1.29 is 18.0 Å². The van der Waals surface area contributed by atoms with Crippen LogP contribution in [0.25, 0.3) is 11.0 Å². The minimum absolute atomic E-state index is 0.0165. The van der Waals surface area contributed by atoms with Crippen molar-refractivity contribution in [2.75, 3.05) is 17.2 Å². The van der Waals surface area contributed by atoms with Crippen LogP contribution in [0.2, 0.25) is 0 Å². The molecule has 0 atom stereocenters. The fourth-order valence-corrected chi connectivity index (χ4v) is 5.07. The number of aryl methyl sites for hydroxylation is 2. The molecule has 0 aliphatic rings. The number of nitrogens with zero attached hydrogens (tertiary/aromatic N) is 4. The first-order valence-electron chi connectivity index (χ1n) is 11.7. The number of benzene rings is 3. The molecule has 4 aromatic rings. The first kappa shape index (κ1) is 26.3. The lowest BCUT2D eigenvalue weighted by molar-refractivity contribution is -0.137. The fraction of sp³-hybridized carbons (Fsp3) is 0.250. The number of thioether (sulfide) groups is 1. The number of amides is 1. The van der Waals surface area contributed by atoms with Crippen molar-refractivity contribution in [1.29, 1.82) is 5.26 Å². The number of anilines is 1. The van der Waals surface area contributed by atoms with Crippen molar-refractivity contribution in [2.45, 2.75) is 38.1 Å². The van der Waals surface area contributed by atoms with E-state index in [-0.39, 0.29) is 30.1 Å². The summed E-state index contributed by atoms with van der Waals surface area (Å²) in [6.07, 6.45) is -4.30. The van der Waals surface area contributed by atoms with E-state index < -0.39 is 11.7 Å². The number of halogens is 3. The summed E-state index contributed by atoms with van der Waals surface area (Å²) >= 11 is 1.17. The second kappa shape index (κ2) is 11.1. The molecule has 0 radical (unpaired) electrons. The molecule has 0 saturated carbocycles. The highest BCUT2D eigenvalue weighted by molar-refractivity contribution is 7.99. The number of carbonyl (C=O) groups is 1. The summed E-state index contributed by atoms with van der Waals surface area (Å²) < 4.78 is 41.8. The summed E-state index contributed by atoms with van der Waals surface area (Å²) in [5.74, 6) is -0.192. The van der Waals surface area contributed by atoms with Gasteiger partial charge >= 0.3 is 6.18 Å². The number of hydrogen-bond donors (Lipinski definition) is 0. The predicted octanol–water partition coefficient (Wildman–Crippen LogP) is 6.76. The zero-order valence-electron chi connectivity index (χ0n) is 20.4. The van der Waals surface area contributed by atoms with Crippen LogP contribution in [-0.2, 0) is 17.5 Å². The number of hydrogen-bond acceptors (Lipinski definition) is 4. The molecule has 0 aliphatic heterocycles. The Bertz CT molecular complexity index is 1440. The molecule has 0 spiro atoms. The molecule has 0 aliphatic carbocycles. The van der Waals surface area contributed by atoms with Crippen LogP contribution in [-0.4, -0.2) is 27.8 Å². The molecular formula is C28H25F3N4OS. The average molecular weight is 523 g/mol. The third-order valence-corrected chi connectivity index (χ3v) is 6.78. The summed E-state index contributed by atoms with van der Waals surface area (Å²) in [6, 6.07) is 20.9. The van der Waals surface area contributed by atoms with E-state index in [0.29, 0.717) is 22.9 Å². The summed E-state index contributed by atoms with van der Waals surface area (Å²) in [6.45, 7) is 4.53. The van der Waals surface area contributed by atoms with Crippen LogP contribution in [0.1, 0.15) is 28.7 Å². The molecule has 0 unspecified atom stereocenters. The summed E-state index contributed by atoms with van der Waals surface area (Å²) in [7, 11) is 0. The molecule has 3 aromatic carbocycles. The Balaban J connectivity index is 1.66. The molecule has 37 heavy (non-hydrogen) atoms. The van der Waals surface area contributed by atoms with E-state index in [0.717, 1.165) is 28.8 Å². The van der Waals surface area contributed by atoms with Crippen LogP contribution >= 0.6 is 11.8 Å². The zero-order valence-corrected chi connectivity index (χ0v) is 21.2. The van der Waals surface area contributed by atoms with Crippen molar-refractivity contribution in [2.24, 2.45) is 0 Å². The molecule has 5 nitrogen and oxygen atoms in total. The molecular weight excluding hydrogens is 497 g/mol. The largest absolute Gasteiger partial charge is 0.416 e. The Kier molecular flexibility index (Phi) is 7.89. The van der Waals surface area contributed by atoms with E-state index in [1.165, 1.54) is 17.8 Å². The number of nitriles is 1. The molecule has 1 amide bonds. The number of aromatic nitrogens is 2. The van der Waals surface area contributed by atoms with Crippen LogP contribution in [0, 0.1) is 25.2 Å². The third-order valence-electron chi connectivity index (χ3n) is 5.82. The summed E-state index contributed by atoms with van der Waals surface area (Å²) in [5.41, 5.74) is 3.69. The zero-order chi connectivity index (χ0) is 26.6. The van der Waals surface area contributed by atoms with Gasteiger partial charge in [-0.25, -0.2) is 4.98 Å². The molecule has 4 rings (SSSR count). The van der Waals surface area contributed by atoms with E-state index in [9.17, 15) is 18.0 Å². The monoisotopic (exact) mass is 522 g/mol. The fourth-order valence-electron chi connectivity index (χ4n) is 4.18. The highest BCUT2D eigenvalue weighted by Gasteiger charge is 2.31. The molecule has 1 heterocycles. The average Bonchev–Trinajstić information content (AvgIpc) is 3.19. The van der Waals surface area contributed by atoms with Crippen LogP contribution in [0.4, 0.5) is 18.9 Å². The third kappa shape index (κ3) is 6.33. The van der Waals surface area contributed by atoms with Crippen LogP contribution in [0.15, 0.2) is 71.9 Å². The molecule has 0 saturated heterocycles. The van der Waals surface area contributed by atoms with Crippen LogP contribution < -0.4 is 4.90 Å². The Hall–Kier alpha value is -3.77. The van der Waals surface area contributed by atoms with Crippen molar-refractivity contribution in [3.8, 4) is 6.07 Å². The predicted molar refractivity (Wildman–Crippen MR) is 140 cm³/mol. The second-order valence-electron chi connectivity index (χ2n) is 8.76. The van der Waals surface area contributed by atoms with Gasteiger partial charge in [-0.1, -0.05) is 48.2 Å². The Morgan fingerprint density at radius 1 is 1.05 bits per heavy atom. The second-order valence-corrected chi connectivity index (χ2v) is 9.70. The Morgan fingerprint density at radius 3 is 2.41 bits per heavy atom. The number of imidazole rings is 1. The minimum atomic E-state index is -4.48. The molecule has 190 valence electrons. The van der Waals surface area contributed by atoms with Crippen LogP contribution in [0.5, 0.6) is 0 Å². The molecule has 9 heteroatoms. The maximum Gasteiger partial charge on any atom is 0.416 e. The highest BCUT2D eigenvalue weighted by Crippen LogP contribution is 2.33. The first-order valence-corrected chi connectivity index (χ1v) is 12.6. The van der Waals surface area contributed by atoms with E-state index in [1.54, 1.807) is 4.90 Å². The standard InChI is InChI=1S/C28H25F3N4OS/c1-19-13-20(2)15-23(14-19)34(12-6-11-32)26(36)18-37-27-33-24-16-22(28(29,30)31)9-10-25(24)35(27)17-21-7-4-3-5-8-21/h3-5,7-10,13-16H,6,12,17-18H2,1-2H3. The van der Waals surface area contributed by atoms with Gasteiger partial charge in [0.2, 0.25) is 5.91 Å². The van der Waals surface area contributed by atoms with Gasteiger partial charge in [0.25, 0.3) is 0 Å². The summed E-state index contributed by atoms with van der Waals surface area (Å²) in [5, 5.41) is 9.56. The van der Waals surface area contributed by atoms with Gasteiger partial charge in [-0.3, -0.25) is 4.79 Å². The van der Waals surface area contributed by atoms with Crippen molar-refractivity contribution >= 4 is 34.4 Å². The normalized spacial score (nSPS) is 11.5. The lowest BCUT2D eigenvalue weighted by Crippen LogP contribution is -2.33. The van der Waals surface area contributed by atoms with E-state index in [1.807, 2.05) is 66.9 Å². The van der Waals surface area contributed by atoms with Gasteiger partial charge in [0.15, 0.2) is 5.16 Å². The number of carbonyl (C=O) groups excluding carboxylic acids is 1. The molecule has 0 bridgehead atoms. The van der Waals surface area contributed by atoms with E-state index in [2.05, 4.69) is 11.1 Å². The molecule has 0 N–H and O–H groups in total. The van der Waals surface area contributed by atoms with Gasteiger partial charge in [-0.05, 0) is 60.9 Å². The maximum absolute atomic E-state index is 13.3. The van der Waals surface area contributed by atoms with Crippen molar-refractivity contribution in [3.63, 3.8) is 0 Å². The van der Waals surface area contributed by atoms with Gasteiger partial charge in [0, 0.05) is 12.2 Å². The quantitative estimate of drug-likeness (QED) is 0.240. The van der Waals surface area contributed by atoms with Gasteiger partial charge in [-0.15, -0.1) is 0 Å². The minimum Gasteiger partial charge on any atom is -0.314 e. The van der Waals surface area contributed by atoms with Crippen molar-refractivity contribution in [1.82, 2.24) is 9.55 Å². The Morgan fingerprint density at radius 2 is 1.76 bits per heavy atom. The van der Waals surface area contributed by atoms with Gasteiger partial charge < -0.3 is 9.47 Å². The summed E-state index contributed by atoms with van der Waals surface area (Å²) in [4.78, 5) is 19.4. The van der Waals surface area contributed by atoms with Gasteiger partial charge in [0.05, 0.1) is 41.4 Å². The van der Waals surface area contributed by atoms with E-state index >= 15 is 0 Å². The number of rotatable bonds is 8. The highest BCUT2D eigenvalue weighted by atomic mass is 32.2. The SMILES string of the molecule is Cc1cc(C)cc(N(CCC#N)C(=O)CSc2nc3cc(C(F)(F)F)ccc3n2Cc2ccccc2)c1. The lowest BCUT2D eigenvalue weighted by atomic mass is 10.1. The smallest absolute Gasteiger partial charge is 0.314 e. The van der Waals surface area contributed by atoms with E-state index in [4.69, 9.17) is 5.26 Å². The lowest BCUT2D eigenvalue weighted by Gasteiger charge is -2.22.